The van der Waals surface area contributed by atoms with Crippen LogP contribution in [0.1, 0.15) is 33.6 Å². The van der Waals surface area contributed by atoms with Crippen LogP contribution in [0.4, 0.5) is 16.3 Å². The van der Waals surface area contributed by atoms with Crippen LogP contribution in [-0.2, 0) is 4.74 Å². The smallest absolute Gasteiger partial charge is 0.413 e. The Kier molecular flexibility index (Phi) is 5.24. The first-order chi connectivity index (χ1) is 10.4. The highest BCUT2D eigenvalue weighted by Crippen LogP contribution is 2.23. The van der Waals surface area contributed by atoms with Crippen molar-refractivity contribution in [3.8, 4) is 0 Å². The van der Waals surface area contributed by atoms with Crippen molar-refractivity contribution in [2.75, 3.05) is 29.9 Å². The number of aliphatic hydroxyl groups excluding tert-OH is 1. The van der Waals surface area contributed by atoms with Gasteiger partial charge in [0.1, 0.15) is 11.4 Å². The highest BCUT2D eigenvalue weighted by atomic mass is 16.6. The van der Waals surface area contributed by atoms with Crippen LogP contribution in [0, 0.1) is 5.92 Å². The molecule has 6 nitrogen and oxygen atoms in total. The van der Waals surface area contributed by atoms with E-state index in [2.05, 4.69) is 15.2 Å². The van der Waals surface area contributed by atoms with Crippen molar-refractivity contribution in [1.82, 2.24) is 4.98 Å². The average Bonchev–Trinajstić information content (AvgIpc) is 2.46. The average molecular weight is 307 g/mol. The lowest BCUT2D eigenvalue weighted by Crippen LogP contribution is -2.34. The summed E-state index contributed by atoms with van der Waals surface area (Å²) >= 11 is 0. The van der Waals surface area contributed by atoms with Crippen molar-refractivity contribution < 1.29 is 14.6 Å². The molecule has 1 aromatic heterocycles. The molecule has 2 heterocycles. The van der Waals surface area contributed by atoms with Crippen LogP contribution in [0.15, 0.2) is 18.3 Å². The molecule has 0 aliphatic carbocycles. The number of ether oxygens (including phenoxy) is 1. The van der Waals surface area contributed by atoms with Crippen molar-refractivity contribution in [2.45, 2.75) is 39.2 Å². The van der Waals surface area contributed by atoms with Gasteiger partial charge in [-0.05, 0) is 51.7 Å². The summed E-state index contributed by atoms with van der Waals surface area (Å²) in [7, 11) is 0. The van der Waals surface area contributed by atoms with Crippen LogP contribution < -0.4 is 10.2 Å². The second kappa shape index (κ2) is 6.96. The summed E-state index contributed by atoms with van der Waals surface area (Å²) in [6, 6.07) is 3.72. The van der Waals surface area contributed by atoms with Crippen LogP contribution in [0.25, 0.3) is 0 Å². The lowest BCUT2D eigenvalue weighted by Gasteiger charge is -2.32. The van der Waals surface area contributed by atoms with Crippen molar-refractivity contribution in [3.63, 3.8) is 0 Å². The Balaban J connectivity index is 1.89. The van der Waals surface area contributed by atoms with E-state index in [0.29, 0.717) is 11.7 Å². The van der Waals surface area contributed by atoms with Crippen molar-refractivity contribution >= 4 is 17.6 Å². The van der Waals surface area contributed by atoms with Gasteiger partial charge in [0, 0.05) is 19.7 Å². The van der Waals surface area contributed by atoms with Crippen molar-refractivity contribution in [2.24, 2.45) is 5.92 Å². The normalized spacial score (nSPS) is 16.5. The monoisotopic (exact) mass is 307 g/mol. The third-order valence-corrected chi connectivity index (χ3v) is 3.61. The molecule has 22 heavy (non-hydrogen) atoms. The summed E-state index contributed by atoms with van der Waals surface area (Å²) in [6.45, 7) is 7.57. The molecule has 6 heteroatoms. The Morgan fingerprint density at radius 1 is 1.41 bits per heavy atom. The first-order valence-electron chi connectivity index (χ1n) is 7.69. The van der Waals surface area contributed by atoms with Gasteiger partial charge < -0.3 is 14.7 Å². The van der Waals surface area contributed by atoms with Gasteiger partial charge in [-0.1, -0.05) is 0 Å². The maximum absolute atomic E-state index is 11.7. The second-order valence-corrected chi connectivity index (χ2v) is 6.64. The van der Waals surface area contributed by atoms with Gasteiger partial charge in [-0.15, -0.1) is 0 Å². The van der Waals surface area contributed by atoms with Gasteiger partial charge in [-0.25, -0.2) is 9.78 Å². The Bertz CT molecular complexity index is 488. The highest BCUT2D eigenvalue weighted by Gasteiger charge is 2.19. The van der Waals surface area contributed by atoms with E-state index in [9.17, 15) is 4.79 Å². The molecule has 2 rings (SSSR count). The summed E-state index contributed by atoms with van der Waals surface area (Å²) < 4.78 is 5.19. The van der Waals surface area contributed by atoms with Crippen LogP contribution in [0.2, 0.25) is 0 Å². The van der Waals surface area contributed by atoms with E-state index in [4.69, 9.17) is 9.84 Å². The lowest BCUT2D eigenvalue weighted by molar-refractivity contribution is 0.0635. The molecule has 1 fully saturated rings. The number of aliphatic hydroxyl groups is 1. The van der Waals surface area contributed by atoms with Crippen molar-refractivity contribution in [1.29, 1.82) is 0 Å². The van der Waals surface area contributed by atoms with E-state index in [1.165, 1.54) is 0 Å². The summed E-state index contributed by atoms with van der Waals surface area (Å²) in [4.78, 5) is 18.2. The summed E-state index contributed by atoms with van der Waals surface area (Å²) in [5.41, 5.74) is 0.507. The molecule has 1 saturated heterocycles. The lowest BCUT2D eigenvalue weighted by atomic mass is 9.98. The maximum Gasteiger partial charge on any atom is 0.413 e. The number of nitrogens with zero attached hydrogens (tertiary/aromatic N) is 2. The Morgan fingerprint density at radius 3 is 2.59 bits per heavy atom. The second-order valence-electron chi connectivity index (χ2n) is 6.64. The van der Waals surface area contributed by atoms with E-state index >= 15 is 0 Å². The number of amides is 1. The summed E-state index contributed by atoms with van der Waals surface area (Å²) in [5.74, 6) is 0.889. The molecule has 1 amide bonds. The van der Waals surface area contributed by atoms with Crippen LogP contribution >= 0.6 is 0 Å². The SMILES string of the molecule is CC(C)(C)OC(=O)Nc1ccc(N2CCC(CO)CC2)cn1. The molecule has 0 aromatic carbocycles. The number of hydrogen-bond donors (Lipinski definition) is 2. The topological polar surface area (TPSA) is 74.7 Å². The molecule has 2 N–H and O–H groups in total. The molecule has 0 bridgehead atoms. The molecule has 0 atom stereocenters. The van der Waals surface area contributed by atoms with E-state index < -0.39 is 11.7 Å². The Labute approximate surface area is 131 Å². The number of anilines is 2. The van der Waals surface area contributed by atoms with Gasteiger partial charge in [-0.2, -0.15) is 0 Å². The zero-order valence-electron chi connectivity index (χ0n) is 13.5. The van der Waals surface area contributed by atoms with Gasteiger partial charge in [0.05, 0.1) is 11.9 Å². The zero-order chi connectivity index (χ0) is 16.2. The molecular formula is C16H25N3O3. The van der Waals surface area contributed by atoms with E-state index in [0.717, 1.165) is 31.6 Å². The molecule has 1 aliphatic heterocycles. The van der Waals surface area contributed by atoms with Gasteiger partial charge in [-0.3, -0.25) is 5.32 Å². The minimum atomic E-state index is -0.527. The third-order valence-electron chi connectivity index (χ3n) is 3.61. The quantitative estimate of drug-likeness (QED) is 0.898. The number of hydrogen-bond acceptors (Lipinski definition) is 5. The van der Waals surface area contributed by atoms with Gasteiger partial charge in [0.25, 0.3) is 0 Å². The number of pyridine rings is 1. The molecule has 1 aromatic rings. The largest absolute Gasteiger partial charge is 0.444 e. The third kappa shape index (κ3) is 4.87. The fourth-order valence-electron chi connectivity index (χ4n) is 2.43. The molecular weight excluding hydrogens is 282 g/mol. The molecule has 1 aliphatic rings. The molecule has 0 radical (unpaired) electrons. The van der Waals surface area contributed by atoms with Gasteiger partial charge >= 0.3 is 6.09 Å². The molecule has 0 unspecified atom stereocenters. The maximum atomic E-state index is 11.7. The Hall–Kier alpha value is -1.82. The molecule has 0 saturated carbocycles. The van der Waals surface area contributed by atoms with Crippen molar-refractivity contribution in [3.05, 3.63) is 18.3 Å². The number of carbonyl (C=O) groups excluding carboxylic acids is 1. The molecule has 122 valence electrons. The van der Waals surface area contributed by atoms with E-state index in [-0.39, 0.29) is 6.61 Å². The van der Waals surface area contributed by atoms with E-state index in [1.807, 2.05) is 26.8 Å². The molecule has 0 spiro atoms. The standard InChI is InChI=1S/C16H25N3O3/c1-16(2,3)22-15(21)18-14-5-4-13(10-17-14)19-8-6-12(11-20)7-9-19/h4-5,10,12,20H,6-9,11H2,1-3H3,(H,17,18,21). The fraction of sp³-hybridized carbons (Fsp3) is 0.625. The minimum Gasteiger partial charge on any atom is -0.444 e. The van der Waals surface area contributed by atoms with Crippen LogP contribution in [-0.4, -0.2) is 41.5 Å². The van der Waals surface area contributed by atoms with Gasteiger partial charge in [0.15, 0.2) is 0 Å². The Morgan fingerprint density at radius 2 is 2.09 bits per heavy atom. The predicted molar refractivity (Wildman–Crippen MR) is 86.1 cm³/mol. The minimum absolute atomic E-state index is 0.269. The predicted octanol–water partition coefficient (Wildman–Crippen LogP) is 2.64. The fourth-order valence-corrected chi connectivity index (χ4v) is 2.43. The number of rotatable bonds is 3. The van der Waals surface area contributed by atoms with Crippen LogP contribution in [0.3, 0.4) is 0 Å². The first kappa shape index (κ1) is 16.5. The summed E-state index contributed by atoms with van der Waals surface area (Å²) in [5, 5.41) is 11.8. The number of piperidine rings is 1. The first-order valence-corrected chi connectivity index (χ1v) is 7.69. The number of aromatic nitrogens is 1. The van der Waals surface area contributed by atoms with Crippen LogP contribution in [0.5, 0.6) is 0 Å². The van der Waals surface area contributed by atoms with E-state index in [1.54, 1.807) is 12.3 Å². The highest BCUT2D eigenvalue weighted by molar-refractivity contribution is 5.83. The summed E-state index contributed by atoms with van der Waals surface area (Å²) in [6.07, 6.45) is 3.24. The number of carbonyl (C=O) groups is 1. The number of nitrogens with one attached hydrogen (secondary N) is 1. The van der Waals surface area contributed by atoms with Gasteiger partial charge in [0.2, 0.25) is 0 Å². The zero-order valence-corrected chi connectivity index (χ0v) is 13.5.